The highest BCUT2D eigenvalue weighted by Gasteiger charge is 2.32. The molecule has 1 aromatic carbocycles. The van der Waals surface area contributed by atoms with Crippen LogP contribution in [0.25, 0.3) is 22.3 Å². The number of hydrogen-bond acceptors (Lipinski definition) is 8. The van der Waals surface area contributed by atoms with E-state index in [0.717, 1.165) is 106 Å². The van der Waals surface area contributed by atoms with Crippen LogP contribution in [0.2, 0.25) is 10.3 Å². The number of aromatic nitrogens is 4. The summed E-state index contributed by atoms with van der Waals surface area (Å²) < 4.78 is 5.66. The average Bonchev–Trinajstić information content (AvgIpc) is 3.60. The molecule has 8 nitrogen and oxygen atoms in total. The maximum atomic E-state index is 6.11. The normalized spacial score (nSPS) is 20.4. The van der Waals surface area contributed by atoms with Crippen molar-refractivity contribution >= 4 is 51.7 Å². The third kappa shape index (κ3) is 5.55. The maximum absolute atomic E-state index is 6.11. The second-order valence-corrected chi connectivity index (χ2v) is 12.7. The van der Waals surface area contributed by atoms with Gasteiger partial charge >= 0.3 is 0 Å². The van der Waals surface area contributed by atoms with Gasteiger partial charge in [-0.1, -0.05) is 35.3 Å². The first-order chi connectivity index (χ1) is 19.6. The quantitative estimate of drug-likeness (QED) is 0.312. The standard InChI is InChI=1S/C29H31Cl2N7OS/c30-25-14-19(15-26(31)34-25)17-36-6-8-37(9-7-36)18-20-16-24-27(40-20)29(38-10-12-39-13-11-38)35-28(33-24)22-2-1-3-23-21(22)4-5-32-23/h1-5,14-15,20,32H,6-13,16-18H2. The predicted molar refractivity (Wildman–Crippen MR) is 162 cm³/mol. The Kier molecular flexibility index (Phi) is 7.60. The molecule has 208 valence electrons. The lowest BCUT2D eigenvalue weighted by Crippen LogP contribution is -2.47. The van der Waals surface area contributed by atoms with E-state index in [4.69, 9.17) is 37.9 Å². The number of aromatic amines is 1. The topological polar surface area (TPSA) is 73.4 Å². The fourth-order valence-electron chi connectivity index (χ4n) is 5.94. The molecule has 40 heavy (non-hydrogen) atoms. The molecule has 4 aromatic rings. The molecule has 6 heterocycles. The second kappa shape index (κ2) is 11.5. The van der Waals surface area contributed by atoms with Gasteiger partial charge in [0, 0.05) is 86.7 Å². The Labute approximate surface area is 248 Å². The summed E-state index contributed by atoms with van der Waals surface area (Å²) in [4.78, 5) is 26.4. The zero-order valence-electron chi connectivity index (χ0n) is 22.2. The highest BCUT2D eigenvalue weighted by molar-refractivity contribution is 8.00. The van der Waals surface area contributed by atoms with Gasteiger partial charge in [-0.05, 0) is 29.8 Å². The monoisotopic (exact) mass is 595 g/mol. The Bertz CT molecular complexity index is 1500. The lowest BCUT2D eigenvalue weighted by Gasteiger charge is -2.35. The summed E-state index contributed by atoms with van der Waals surface area (Å²) in [6, 6.07) is 12.2. The van der Waals surface area contributed by atoms with E-state index in [0.29, 0.717) is 15.6 Å². The largest absolute Gasteiger partial charge is 0.378 e. The lowest BCUT2D eigenvalue weighted by atomic mass is 10.1. The van der Waals surface area contributed by atoms with Crippen LogP contribution in [0.4, 0.5) is 5.82 Å². The average molecular weight is 597 g/mol. The first kappa shape index (κ1) is 26.5. The van der Waals surface area contributed by atoms with E-state index in [1.165, 1.54) is 10.6 Å². The number of ether oxygens (including phenoxy) is 1. The number of piperazine rings is 1. The van der Waals surface area contributed by atoms with Crippen LogP contribution < -0.4 is 4.90 Å². The number of H-pyrrole nitrogens is 1. The first-order valence-electron chi connectivity index (χ1n) is 13.8. The molecular weight excluding hydrogens is 565 g/mol. The van der Waals surface area contributed by atoms with Crippen molar-refractivity contribution < 1.29 is 4.74 Å². The van der Waals surface area contributed by atoms with Gasteiger partial charge in [0.15, 0.2) is 5.82 Å². The molecule has 3 aromatic heterocycles. The summed E-state index contributed by atoms with van der Waals surface area (Å²) in [6.45, 7) is 9.20. The molecule has 0 radical (unpaired) electrons. The van der Waals surface area contributed by atoms with Crippen molar-refractivity contribution in [1.29, 1.82) is 0 Å². The number of halogens is 2. The van der Waals surface area contributed by atoms with Crippen LogP contribution in [0.5, 0.6) is 0 Å². The Hall–Kier alpha value is -2.40. The smallest absolute Gasteiger partial charge is 0.162 e. The Morgan fingerprint density at radius 2 is 1.70 bits per heavy atom. The van der Waals surface area contributed by atoms with Gasteiger partial charge in [0.1, 0.15) is 16.1 Å². The molecule has 0 bridgehead atoms. The van der Waals surface area contributed by atoms with Crippen molar-refractivity contribution in [2.45, 2.75) is 23.1 Å². The van der Waals surface area contributed by atoms with Gasteiger partial charge in [0.2, 0.25) is 0 Å². The van der Waals surface area contributed by atoms with Crippen LogP contribution >= 0.6 is 35.0 Å². The van der Waals surface area contributed by atoms with E-state index in [9.17, 15) is 0 Å². The van der Waals surface area contributed by atoms with Gasteiger partial charge in [-0.15, -0.1) is 11.8 Å². The number of nitrogens with zero attached hydrogens (tertiary/aromatic N) is 6. The summed E-state index contributed by atoms with van der Waals surface area (Å²) >= 11 is 14.2. The summed E-state index contributed by atoms with van der Waals surface area (Å²) in [5.74, 6) is 1.89. The molecule has 0 amide bonds. The summed E-state index contributed by atoms with van der Waals surface area (Å²) in [5.41, 5.74) is 4.48. The van der Waals surface area contributed by atoms with E-state index in [1.54, 1.807) is 0 Å². The molecule has 11 heteroatoms. The summed E-state index contributed by atoms with van der Waals surface area (Å²) in [5, 5.41) is 2.52. The van der Waals surface area contributed by atoms with Crippen molar-refractivity contribution in [1.82, 2.24) is 29.7 Å². The number of nitrogens with one attached hydrogen (secondary N) is 1. The molecular formula is C29H31Cl2N7OS. The number of hydrogen-bond donors (Lipinski definition) is 1. The van der Waals surface area contributed by atoms with Crippen LogP contribution in [0, 0.1) is 0 Å². The van der Waals surface area contributed by atoms with Gasteiger partial charge in [-0.2, -0.15) is 0 Å². The molecule has 3 aliphatic rings. The van der Waals surface area contributed by atoms with E-state index < -0.39 is 0 Å². The van der Waals surface area contributed by atoms with E-state index in [1.807, 2.05) is 30.1 Å². The number of benzene rings is 1. The Morgan fingerprint density at radius 3 is 2.50 bits per heavy atom. The summed E-state index contributed by atoms with van der Waals surface area (Å²) in [6.07, 6.45) is 2.95. The first-order valence-corrected chi connectivity index (χ1v) is 15.5. The minimum Gasteiger partial charge on any atom is -0.378 e. The molecule has 1 unspecified atom stereocenters. The van der Waals surface area contributed by atoms with Crippen molar-refractivity contribution in [3.05, 3.63) is 64.2 Å². The van der Waals surface area contributed by atoms with Crippen molar-refractivity contribution in [2.75, 3.05) is 63.9 Å². The van der Waals surface area contributed by atoms with Crippen molar-refractivity contribution in [3.63, 3.8) is 0 Å². The predicted octanol–water partition coefficient (Wildman–Crippen LogP) is 5.00. The number of morpholine rings is 1. The molecule has 0 spiro atoms. The van der Waals surface area contributed by atoms with Gasteiger partial charge < -0.3 is 14.6 Å². The number of anilines is 1. The van der Waals surface area contributed by atoms with E-state index in [2.05, 4.69) is 48.9 Å². The van der Waals surface area contributed by atoms with Gasteiger partial charge in [-0.25, -0.2) is 15.0 Å². The molecule has 0 saturated carbocycles. The molecule has 1 N–H and O–H groups in total. The number of rotatable bonds is 6. The third-order valence-electron chi connectivity index (χ3n) is 7.93. The fourth-order valence-corrected chi connectivity index (χ4v) is 7.85. The van der Waals surface area contributed by atoms with Gasteiger partial charge in [0.25, 0.3) is 0 Å². The van der Waals surface area contributed by atoms with Crippen LogP contribution in [0.1, 0.15) is 11.3 Å². The van der Waals surface area contributed by atoms with Gasteiger partial charge in [-0.3, -0.25) is 9.80 Å². The minimum absolute atomic E-state index is 0.450. The molecule has 7 rings (SSSR count). The van der Waals surface area contributed by atoms with Crippen LogP contribution in [-0.2, 0) is 17.7 Å². The highest BCUT2D eigenvalue weighted by atomic mass is 35.5. The third-order valence-corrected chi connectivity index (χ3v) is 9.62. The number of fused-ring (bicyclic) bond motifs is 2. The SMILES string of the molecule is Clc1cc(CN2CCN(CC3Cc4nc(-c5cccc6[nH]ccc56)nc(N5CCOCC5)c4S3)CC2)cc(Cl)n1. The van der Waals surface area contributed by atoms with Crippen molar-refractivity contribution in [3.8, 4) is 11.4 Å². The fraction of sp³-hybridized carbons (Fsp3) is 0.414. The molecule has 0 aliphatic carbocycles. The van der Waals surface area contributed by atoms with Crippen LogP contribution in [0.15, 0.2) is 47.5 Å². The lowest BCUT2D eigenvalue weighted by molar-refractivity contribution is 0.122. The maximum Gasteiger partial charge on any atom is 0.162 e. The minimum atomic E-state index is 0.450. The summed E-state index contributed by atoms with van der Waals surface area (Å²) in [7, 11) is 0. The Morgan fingerprint density at radius 1 is 0.925 bits per heavy atom. The zero-order chi connectivity index (χ0) is 27.1. The highest BCUT2D eigenvalue weighted by Crippen LogP contribution is 2.43. The number of pyridine rings is 1. The van der Waals surface area contributed by atoms with Crippen LogP contribution in [-0.4, -0.2) is 94.0 Å². The van der Waals surface area contributed by atoms with E-state index >= 15 is 0 Å². The van der Waals surface area contributed by atoms with Crippen LogP contribution in [0.3, 0.4) is 0 Å². The molecule has 3 aliphatic heterocycles. The second-order valence-electron chi connectivity index (χ2n) is 10.6. The van der Waals surface area contributed by atoms with Crippen molar-refractivity contribution in [2.24, 2.45) is 0 Å². The van der Waals surface area contributed by atoms with E-state index in [-0.39, 0.29) is 0 Å². The molecule has 1 atom stereocenters. The number of thioether (sulfide) groups is 1. The molecule has 2 saturated heterocycles. The van der Waals surface area contributed by atoms with Gasteiger partial charge in [0.05, 0.1) is 23.8 Å². The Balaban J connectivity index is 1.07. The zero-order valence-corrected chi connectivity index (χ0v) is 24.5. The molecule has 2 fully saturated rings.